The van der Waals surface area contributed by atoms with Crippen LogP contribution >= 0.6 is 0 Å². The van der Waals surface area contributed by atoms with Crippen molar-refractivity contribution in [2.24, 2.45) is 11.7 Å². The average molecular weight is 420 g/mol. The molecule has 10 heteroatoms. The van der Waals surface area contributed by atoms with Gasteiger partial charge in [-0.15, -0.1) is 0 Å². The summed E-state index contributed by atoms with van der Waals surface area (Å²) in [5.41, 5.74) is 5.18. The Labute approximate surface area is 169 Å². The van der Waals surface area contributed by atoms with Gasteiger partial charge >= 0.3 is 0 Å². The fraction of sp³-hybridized carbons (Fsp3) is 0.474. The van der Waals surface area contributed by atoms with E-state index < -0.39 is 33.7 Å². The quantitative estimate of drug-likeness (QED) is 0.647. The maximum absolute atomic E-state index is 12.9. The van der Waals surface area contributed by atoms with E-state index in [1.807, 2.05) is 6.07 Å². The number of benzene rings is 1. The summed E-state index contributed by atoms with van der Waals surface area (Å²) in [6.45, 7) is 1.35. The van der Waals surface area contributed by atoms with E-state index in [4.69, 9.17) is 5.73 Å². The SMILES string of the molecule is CC(CCC(=O)N[C@H]1CCCN(S(=O)(=O)c2ccccc2C#N)CC1=O)C(N)=O. The minimum Gasteiger partial charge on any atom is -0.369 e. The van der Waals surface area contributed by atoms with Crippen LogP contribution in [0, 0.1) is 17.2 Å². The monoisotopic (exact) mass is 420 g/mol. The molecule has 0 aliphatic carbocycles. The van der Waals surface area contributed by atoms with Crippen LogP contribution in [0.15, 0.2) is 29.2 Å². The molecule has 9 nitrogen and oxygen atoms in total. The molecule has 0 saturated carbocycles. The molecule has 0 radical (unpaired) electrons. The maximum Gasteiger partial charge on any atom is 0.244 e. The Bertz CT molecular complexity index is 938. The Balaban J connectivity index is 2.06. The standard InChI is InChI=1S/C19H24N4O5S/c1-13(19(21)26)8-9-18(25)22-15-6-4-10-23(12-16(15)24)29(27,28)17-7-3-2-5-14(17)11-20/h2-3,5,7,13,15H,4,6,8-10,12H2,1H3,(H2,21,26)(H,22,25)/t13?,15-/m0/s1. The molecule has 3 N–H and O–H groups in total. The van der Waals surface area contributed by atoms with Gasteiger partial charge in [-0.05, 0) is 31.4 Å². The molecule has 1 aliphatic heterocycles. The third-order valence-electron chi connectivity index (χ3n) is 4.87. The predicted octanol–water partition coefficient (Wildman–Crippen LogP) is 0.298. The third kappa shape index (κ3) is 5.62. The van der Waals surface area contributed by atoms with E-state index in [1.54, 1.807) is 13.0 Å². The fourth-order valence-corrected chi connectivity index (χ4v) is 4.62. The minimum absolute atomic E-state index is 0.0117. The molecule has 0 spiro atoms. The second-order valence-electron chi connectivity index (χ2n) is 7.02. The zero-order valence-electron chi connectivity index (χ0n) is 16.1. The number of carbonyl (C=O) groups is 3. The Hall–Kier alpha value is -2.77. The molecule has 1 saturated heterocycles. The molecule has 2 rings (SSSR count). The van der Waals surface area contributed by atoms with Crippen LogP contribution in [-0.2, 0) is 24.4 Å². The predicted molar refractivity (Wildman–Crippen MR) is 104 cm³/mol. The van der Waals surface area contributed by atoms with Gasteiger partial charge in [0.1, 0.15) is 6.07 Å². The molecule has 1 aromatic carbocycles. The van der Waals surface area contributed by atoms with Crippen LogP contribution in [0.25, 0.3) is 0 Å². The number of sulfonamides is 1. The average Bonchev–Trinajstić information content (AvgIpc) is 2.88. The summed E-state index contributed by atoms with van der Waals surface area (Å²) in [6.07, 6.45) is 1.00. The highest BCUT2D eigenvalue weighted by molar-refractivity contribution is 7.89. The number of nitrogens with two attached hydrogens (primary N) is 1. The van der Waals surface area contributed by atoms with Crippen molar-refractivity contribution in [1.82, 2.24) is 9.62 Å². The van der Waals surface area contributed by atoms with E-state index in [-0.39, 0.29) is 42.3 Å². The lowest BCUT2D eigenvalue weighted by Gasteiger charge is -2.20. The van der Waals surface area contributed by atoms with Gasteiger partial charge in [0.2, 0.25) is 21.8 Å². The summed E-state index contributed by atoms with van der Waals surface area (Å²) in [5, 5.41) is 11.8. The summed E-state index contributed by atoms with van der Waals surface area (Å²) in [5.74, 6) is -1.76. The Morgan fingerprint density at radius 1 is 1.38 bits per heavy atom. The van der Waals surface area contributed by atoms with Crippen molar-refractivity contribution in [3.8, 4) is 6.07 Å². The van der Waals surface area contributed by atoms with Crippen LogP contribution in [0.5, 0.6) is 0 Å². The number of hydrogen-bond donors (Lipinski definition) is 2. The number of nitrogens with one attached hydrogen (secondary N) is 1. The highest BCUT2D eigenvalue weighted by atomic mass is 32.2. The van der Waals surface area contributed by atoms with Crippen LogP contribution in [0.4, 0.5) is 0 Å². The highest BCUT2D eigenvalue weighted by Gasteiger charge is 2.34. The number of rotatable bonds is 7. The van der Waals surface area contributed by atoms with Crippen molar-refractivity contribution >= 4 is 27.6 Å². The van der Waals surface area contributed by atoms with Gasteiger partial charge in [0.25, 0.3) is 0 Å². The molecular formula is C19H24N4O5S. The first-order valence-corrected chi connectivity index (χ1v) is 10.7. The van der Waals surface area contributed by atoms with Gasteiger partial charge in [-0.1, -0.05) is 19.1 Å². The lowest BCUT2D eigenvalue weighted by molar-refractivity contribution is -0.128. The summed E-state index contributed by atoms with van der Waals surface area (Å²) in [7, 11) is -4.02. The van der Waals surface area contributed by atoms with E-state index in [0.717, 1.165) is 4.31 Å². The van der Waals surface area contributed by atoms with E-state index in [9.17, 15) is 28.1 Å². The molecule has 1 unspecified atom stereocenters. The molecule has 1 heterocycles. The first kappa shape index (κ1) is 22.5. The Kier molecular flexibility index (Phi) is 7.47. The van der Waals surface area contributed by atoms with Gasteiger partial charge in [0.05, 0.1) is 23.0 Å². The van der Waals surface area contributed by atoms with Crippen LogP contribution in [0.3, 0.4) is 0 Å². The number of ketones is 1. The van der Waals surface area contributed by atoms with Crippen LogP contribution in [-0.4, -0.2) is 49.5 Å². The molecule has 29 heavy (non-hydrogen) atoms. The van der Waals surface area contributed by atoms with Gasteiger partial charge in [-0.2, -0.15) is 9.57 Å². The largest absolute Gasteiger partial charge is 0.369 e. The summed E-state index contributed by atoms with van der Waals surface area (Å²) in [4.78, 5) is 35.6. The van der Waals surface area contributed by atoms with Gasteiger partial charge in [0, 0.05) is 18.9 Å². The van der Waals surface area contributed by atoms with Crippen molar-refractivity contribution in [3.05, 3.63) is 29.8 Å². The zero-order chi connectivity index (χ0) is 21.6. The lowest BCUT2D eigenvalue weighted by atomic mass is 10.0. The molecule has 1 fully saturated rings. The second-order valence-corrected chi connectivity index (χ2v) is 8.92. The summed E-state index contributed by atoms with van der Waals surface area (Å²) < 4.78 is 26.9. The smallest absolute Gasteiger partial charge is 0.244 e. The number of amides is 2. The van der Waals surface area contributed by atoms with Crippen molar-refractivity contribution in [2.45, 2.75) is 43.5 Å². The Morgan fingerprint density at radius 2 is 2.07 bits per heavy atom. The van der Waals surface area contributed by atoms with Crippen LogP contribution in [0.1, 0.15) is 38.2 Å². The van der Waals surface area contributed by atoms with Crippen molar-refractivity contribution < 1.29 is 22.8 Å². The number of hydrogen-bond acceptors (Lipinski definition) is 6. The maximum atomic E-state index is 12.9. The molecule has 1 aliphatic rings. The minimum atomic E-state index is -4.02. The van der Waals surface area contributed by atoms with E-state index in [1.165, 1.54) is 18.2 Å². The van der Waals surface area contributed by atoms with Crippen molar-refractivity contribution in [2.75, 3.05) is 13.1 Å². The Morgan fingerprint density at radius 3 is 2.72 bits per heavy atom. The normalized spacial score (nSPS) is 19.0. The van der Waals surface area contributed by atoms with E-state index >= 15 is 0 Å². The number of nitriles is 1. The molecule has 156 valence electrons. The van der Waals surface area contributed by atoms with Crippen molar-refractivity contribution in [1.29, 1.82) is 5.26 Å². The van der Waals surface area contributed by atoms with Gasteiger partial charge < -0.3 is 11.1 Å². The molecule has 2 amide bonds. The molecule has 0 aromatic heterocycles. The molecule has 2 atom stereocenters. The van der Waals surface area contributed by atoms with Crippen molar-refractivity contribution in [3.63, 3.8) is 0 Å². The molecule has 0 bridgehead atoms. The van der Waals surface area contributed by atoms with Gasteiger partial charge in [-0.25, -0.2) is 8.42 Å². The summed E-state index contributed by atoms with van der Waals surface area (Å²) >= 11 is 0. The fourth-order valence-electron chi connectivity index (χ4n) is 3.03. The first-order valence-electron chi connectivity index (χ1n) is 9.27. The topological polar surface area (TPSA) is 150 Å². The number of Topliss-reactive ketones (excluding diaryl/α,β-unsaturated/α-hetero) is 1. The van der Waals surface area contributed by atoms with Crippen LogP contribution < -0.4 is 11.1 Å². The van der Waals surface area contributed by atoms with Gasteiger partial charge in [0.15, 0.2) is 5.78 Å². The molecule has 1 aromatic rings. The van der Waals surface area contributed by atoms with Gasteiger partial charge in [-0.3, -0.25) is 14.4 Å². The first-order chi connectivity index (χ1) is 13.7. The lowest BCUT2D eigenvalue weighted by Crippen LogP contribution is -2.44. The summed E-state index contributed by atoms with van der Waals surface area (Å²) in [6, 6.07) is 6.88. The van der Waals surface area contributed by atoms with E-state index in [0.29, 0.717) is 12.8 Å². The number of nitrogens with zero attached hydrogens (tertiary/aromatic N) is 2. The van der Waals surface area contributed by atoms with E-state index in [2.05, 4.69) is 5.32 Å². The zero-order valence-corrected chi connectivity index (χ0v) is 16.9. The van der Waals surface area contributed by atoms with Crippen LogP contribution in [0.2, 0.25) is 0 Å². The third-order valence-corrected chi connectivity index (χ3v) is 6.78. The molecular weight excluding hydrogens is 396 g/mol. The number of carbonyl (C=O) groups excluding carboxylic acids is 3. The highest BCUT2D eigenvalue weighted by Crippen LogP contribution is 2.22. The second kappa shape index (κ2) is 9.62. The number of primary amides is 1.